The summed E-state index contributed by atoms with van der Waals surface area (Å²) in [5.74, 6) is 1.06. The fourth-order valence-corrected chi connectivity index (χ4v) is 3.78. The van der Waals surface area contributed by atoms with E-state index in [-0.39, 0.29) is 11.5 Å². The van der Waals surface area contributed by atoms with Gasteiger partial charge in [-0.05, 0) is 42.0 Å². The van der Waals surface area contributed by atoms with Crippen molar-refractivity contribution in [3.8, 4) is 11.4 Å². The van der Waals surface area contributed by atoms with E-state index in [0.717, 1.165) is 17.0 Å². The molecule has 0 amide bonds. The minimum atomic E-state index is 0.0253. The number of aromatic amines is 1. The van der Waals surface area contributed by atoms with E-state index in [1.807, 2.05) is 53.1 Å². The predicted octanol–water partition coefficient (Wildman–Crippen LogP) is 4.95. The van der Waals surface area contributed by atoms with Gasteiger partial charge in [0, 0.05) is 16.8 Å². The number of benzene rings is 2. The number of carbonyl (C=O) groups is 1. The van der Waals surface area contributed by atoms with E-state index in [4.69, 9.17) is 11.6 Å². The van der Waals surface area contributed by atoms with Gasteiger partial charge >= 0.3 is 0 Å². The van der Waals surface area contributed by atoms with Gasteiger partial charge in [0.1, 0.15) is 0 Å². The number of nitrogens with one attached hydrogen (secondary N) is 1. The Bertz CT molecular complexity index is 1060. The van der Waals surface area contributed by atoms with E-state index in [1.54, 1.807) is 12.3 Å². The quantitative estimate of drug-likeness (QED) is 0.347. The molecule has 0 atom stereocenters. The summed E-state index contributed by atoms with van der Waals surface area (Å²) in [6.45, 7) is 0.616. The molecule has 2 heterocycles. The molecular formula is C21H17ClN4OS. The molecule has 0 radical (unpaired) electrons. The number of rotatable bonds is 7. The van der Waals surface area contributed by atoms with Gasteiger partial charge in [0.15, 0.2) is 16.8 Å². The van der Waals surface area contributed by atoms with Crippen molar-refractivity contribution in [2.75, 3.05) is 5.75 Å². The van der Waals surface area contributed by atoms with Crippen LogP contribution in [0.4, 0.5) is 0 Å². The van der Waals surface area contributed by atoms with Crippen LogP contribution in [0.15, 0.2) is 78.1 Å². The van der Waals surface area contributed by atoms with Gasteiger partial charge in [0.2, 0.25) is 0 Å². The summed E-state index contributed by atoms with van der Waals surface area (Å²) in [4.78, 5) is 15.3. The van der Waals surface area contributed by atoms with Crippen LogP contribution in [0, 0.1) is 0 Å². The molecule has 0 saturated heterocycles. The second-order valence-corrected chi connectivity index (χ2v) is 7.56. The van der Waals surface area contributed by atoms with Gasteiger partial charge in [-0.3, -0.25) is 9.36 Å². The van der Waals surface area contributed by atoms with Crippen LogP contribution in [-0.4, -0.2) is 31.3 Å². The molecule has 2 aromatic heterocycles. The molecule has 0 unspecified atom stereocenters. The Kier molecular flexibility index (Phi) is 5.60. The van der Waals surface area contributed by atoms with Crippen molar-refractivity contribution in [3.63, 3.8) is 0 Å². The number of hydrogen-bond donors (Lipinski definition) is 1. The van der Waals surface area contributed by atoms with Gasteiger partial charge in [-0.25, -0.2) is 0 Å². The van der Waals surface area contributed by atoms with Crippen LogP contribution in [0.3, 0.4) is 0 Å². The third-order valence-corrected chi connectivity index (χ3v) is 5.45. The second kappa shape index (κ2) is 8.46. The van der Waals surface area contributed by atoms with Crippen molar-refractivity contribution in [1.82, 2.24) is 19.7 Å². The molecule has 4 rings (SSSR count). The maximum atomic E-state index is 12.3. The van der Waals surface area contributed by atoms with Crippen molar-refractivity contribution in [2.45, 2.75) is 11.7 Å². The highest BCUT2D eigenvalue weighted by atomic mass is 35.5. The third kappa shape index (κ3) is 4.18. The molecule has 0 spiro atoms. The number of aromatic nitrogens is 4. The second-order valence-electron chi connectivity index (χ2n) is 6.18. The first-order chi connectivity index (χ1) is 13.7. The summed E-state index contributed by atoms with van der Waals surface area (Å²) >= 11 is 7.40. The van der Waals surface area contributed by atoms with Gasteiger partial charge in [-0.1, -0.05) is 53.7 Å². The minimum absolute atomic E-state index is 0.0253. The monoisotopic (exact) mass is 408 g/mol. The Morgan fingerprint density at radius 1 is 1.00 bits per heavy atom. The SMILES string of the molecule is O=C(CSc1nnc(-c2ccc(Cl)cc2)n1Cc1ccccc1)c1ccc[nH]1. The maximum absolute atomic E-state index is 12.3. The lowest BCUT2D eigenvalue weighted by Gasteiger charge is -2.10. The fourth-order valence-electron chi connectivity index (χ4n) is 2.83. The average molecular weight is 409 g/mol. The van der Waals surface area contributed by atoms with Gasteiger partial charge in [-0.15, -0.1) is 10.2 Å². The number of thioether (sulfide) groups is 1. The zero-order valence-corrected chi connectivity index (χ0v) is 16.5. The molecule has 5 nitrogen and oxygen atoms in total. The smallest absolute Gasteiger partial charge is 0.192 e. The number of Topliss-reactive ketones (excluding diaryl/α,β-unsaturated/α-hetero) is 1. The van der Waals surface area contributed by atoms with E-state index < -0.39 is 0 Å². The molecule has 0 aliphatic heterocycles. The maximum Gasteiger partial charge on any atom is 0.192 e. The third-order valence-electron chi connectivity index (χ3n) is 4.23. The number of halogens is 1. The highest BCUT2D eigenvalue weighted by Crippen LogP contribution is 2.26. The minimum Gasteiger partial charge on any atom is -0.359 e. The Morgan fingerprint density at radius 2 is 1.79 bits per heavy atom. The zero-order chi connectivity index (χ0) is 19.3. The Hall–Kier alpha value is -2.83. The highest BCUT2D eigenvalue weighted by molar-refractivity contribution is 7.99. The molecule has 7 heteroatoms. The van der Waals surface area contributed by atoms with Crippen LogP contribution in [0.5, 0.6) is 0 Å². The topological polar surface area (TPSA) is 63.6 Å². The fraction of sp³-hybridized carbons (Fsp3) is 0.0952. The van der Waals surface area contributed by atoms with Crippen molar-refractivity contribution >= 4 is 29.1 Å². The molecule has 2 aromatic carbocycles. The normalized spacial score (nSPS) is 10.9. The number of carbonyl (C=O) groups excluding carboxylic acids is 1. The molecule has 0 aliphatic carbocycles. The predicted molar refractivity (Wildman–Crippen MR) is 112 cm³/mol. The van der Waals surface area contributed by atoms with Crippen LogP contribution in [0.1, 0.15) is 16.1 Å². The van der Waals surface area contributed by atoms with E-state index in [2.05, 4.69) is 27.3 Å². The van der Waals surface area contributed by atoms with Gasteiger partial charge in [0.05, 0.1) is 18.0 Å². The zero-order valence-electron chi connectivity index (χ0n) is 14.9. The lowest BCUT2D eigenvalue weighted by Crippen LogP contribution is -2.07. The van der Waals surface area contributed by atoms with E-state index >= 15 is 0 Å². The molecule has 140 valence electrons. The van der Waals surface area contributed by atoms with Crippen LogP contribution in [-0.2, 0) is 6.54 Å². The van der Waals surface area contributed by atoms with E-state index in [1.165, 1.54) is 11.8 Å². The number of ketones is 1. The number of nitrogens with zero attached hydrogens (tertiary/aromatic N) is 3. The summed E-state index contributed by atoms with van der Waals surface area (Å²) in [6, 6.07) is 21.2. The average Bonchev–Trinajstić information content (AvgIpc) is 3.38. The number of hydrogen-bond acceptors (Lipinski definition) is 4. The first kappa shape index (κ1) is 18.5. The molecular weight excluding hydrogens is 392 g/mol. The van der Waals surface area contributed by atoms with Gasteiger partial charge < -0.3 is 4.98 Å². The molecule has 0 bridgehead atoms. The first-order valence-corrected chi connectivity index (χ1v) is 10.1. The summed E-state index contributed by atoms with van der Waals surface area (Å²) in [5.41, 5.74) is 2.66. The molecule has 0 fully saturated rings. The van der Waals surface area contributed by atoms with Crippen LogP contribution in [0.2, 0.25) is 5.02 Å². The summed E-state index contributed by atoms with van der Waals surface area (Å²) < 4.78 is 2.03. The highest BCUT2D eigenvalue weighted by Gasteiger charge is 2.17. The van der Waals surface area contributed by atoms with Crippen molar-refractivity contribution < 1.29 is 4.79 Å². The van der Waals surface area contributed by atoms with Crippen LogP contribution < -0.4 is 0 Å². The molecule has 4 aromatic rings. The molecule has 28 heavy (non-hydrogen) atoms. The molecule has 0 aliphatic rings. The van der Waals surface area contributed by atoms with E-state index in [9.17, 15) is 4.79 Å². The Balaban J connectivity index is 1.63. The summed E-state index contributed by atoms with van der Waals surface area (Å²) in [7, 11) is 0. The summed E-state index contributed by atoms with van der Waals surface area (Å²) in [6.07, 6.45) is 1.74. The van der Waals surface area contributed by atoms with Crippen molar-refractivity contribution in [3.05, 3.63) is 89.2 Å². The summed E-state index contributed by atoms with van der Waals surface area (Å²) in [5, 5.41) is 10.1. The first-order valence-electron chi connectivity index (χ1n) is 8.73. The largest absolute Gasteiger partial charge is 0.359 e. The Morgan fingerprint density at radius 3 is 2.50 bits per heavy atom. The molecule has 0 saturated carbocycles. The Labute approximate surface area is 171 Å². The lowest BCUT2D eigenvalue weighted by atomic mass is 10.2. The number of H-pyrrole nitrogens is 1. The van der Waals surface area contributed by atoms with Gasteiger partial charge in [0.25, 0.3) is 0 Å². The van der Waals surface area contributed by atoms with Crippen LogP contribution in [0.25, 0.3) is 11.4 Å². The van der Waals surface area contributed by atoms with Crippen molar-refractivity contribution in [1.29, 1.82) is 0 Å². The van der Waals surface area contributed by atoms with Gasteiger partial charge in [-0.2, -0.15) is 0 Å². The standard InChI is InChI=1S/C21H17ClN4OS/c22-17-10-8-16(9-11-17)20-24-25-21(26(20)13-15-5-2-1-3-6-15)28-14-19(27)18-7-4-12-23-18/h1-12,23H,13-14H2. The van der Waals surface area contributed by atoms with E-state index in [0.29, 0.717) is 22.4 Å². The lowest BCUT2D eigenvalue weighted by molar-refractivity contribution is 0.101. The molecule has 1 N–H and O–H groups in total. The van der Waals surface area contributed by atoms with Crippen molar-refractivity contribution in [2.24, 2.45) is 0 Å². The van der Waals surface area contributed by atoms with Crippen LogP contribution >= 0.6 is 23.4 Å².